The molecule has 0 saturated heterocycles. The van der Waals surface area contributed by atoms with Crippen LogP contribution in [0.5, 0.6) is 0 Å². The minimum Gasteiger partial charge on any atom is -0.340 e. The molecule has 0 saturated carbocycles. The zero-order valence-corrected chi connectivity index (χ0v) is 14.3. The van der Waals surface area contributed by atoms with E-state index in [1.807, 2.05) is 36.4 Å². The molecule has 3 aromatic heterocycles. The van der Waals surface area contributed by atoms with E-state index >= 15 is 0 Å². The fourth-order valence-electron chi connectivity index (χ4n) is 2.32. The molecule has 0 aliphatic carbocycles. The monoisotopic (exact) mass is 373 g/mol. The number of nitrogens with one attached hydrogen (secondary N) is 3. The Morgan fingerprint density at radius 3 is 2.60 bits per heavy atom. The first-order valence-electron chi connectivity index (χ1n) is 7.18. The van der Waals surface area contributed by atoms with Crippen LogP contribution < -0.4 is 10.6 Å². The Morgan fingerprint density at radius 1 is 0.960 bits per heavy atom. The van der Waals surface area contributed by atoms with Crippen molar-refractivity contribution in [2.24, 2.45) is 0 Å². The molecule has 3 N–H and O–H groups in total. The van der Waals surface area contributed by atoms with Crippen molar-refractivity contribution >= 4 is 58.1 Å². The highest BCUT2D eigenvalue weighted by atomic mass is 35.5. The maximum absolute atomic E-state index is 6.04. The number of fused-ring (bicyclic) bond motifs is 1. The van der Waals surface area contributed by atoms with Crippen LogP contribution in [0.15, 0.2) is 55.1 Å². The standard InChI is InChI=1S/C16H12ClN7.ClH/c17-10-2-1-3-12(8-10)22-14-13-15(20-9-19-14)23-24-16(13)21-11-4-6-18-7-5-11;/h1-9H,(H3,18,19,20,21,22,23,24);1H. The van der Waals surface area contributed by atoms with E-state index in [1.54, 1.807) is 12.4 Å². The Hall–Kier alpha value is -2.90. The molecule has 1 aromatic carbocycles. The molecule has 7 nitrogen and oxygen atoms in total. The summed E-state index contributed by atoms with van der Waals surface area (Å²) in [6.07, 6.45) is 4.89. The molecule has 4 rings (SSSR count). The average Bonchev–Trinajstić information content (AvgIpc) is 3.00. The number of hydrogen-bond donors (Lipinski definition) is 3. The van der Waals surface area contributed by atoms with Crippen LogP contribution in [0.4, 0.5) is 23.0 Å². The molecular formula is C16H13Cl2N7. The molecule has 0 aliphatic rings. The Kier molecular flexibility index (Phi) is 4.97. The molecule has 0 unspecified atom stereocenters. The molecule has 0 fully saturated rings. The van der Waals surface area contributed by atoms with Gasteiger partial charge in [0.15, 0.2) is 5.65 Å². The van der Waals surface area contributed by atoms with Crippen LogP contribution in [0.3, 0.4) is 0 Å². The van der Waals surface area contributed by atoms with Crippen LogP contribution in [-0.2, 0) is 0 Å². The van der Waals surface area contributed by atoms with Crippen LogP contribution in [0, 0.1) is 0 Å². The van der Waals surface area contributed by atoms with Gasteiger partial charge in [-0.05, 0) is 30.3 Å². The minimum absolute atomic E-state index is 0. The van der Waals surface area contributed by atoms with Crippen molar-refractivity contribution in [1.29, 1.82) is 0 Å². The Labute approximate surface area is 154 Å². The lowest BCUT2D eigenvalue weighted by Gasteiger charge is -2.09. The van der Waals surface area contributed by atoms with Gasteiger partial charge in [-0.1, -0.05) is 17.7 Å². The molecule has 0 bridgehead atoms. The van der Waals surface area contributed by atoms with Crippen molar-refractivity contribution in [1.82, 2.24) is 25.1 Å². The van der Waals surface area contributed by atoms with E-state index in [0.717, 1.165) is 16.8 Å². The highest BCUT2D eigenvalue weighted by Gasteiger charge is 2.13. The quantitative estimate of drug-likeness (QED) is 0.493. The number of nitrogens with zero attached hydrogens (tertiary/aromatic N) is 4. The molecule has 0 aliphatic heterocycles. The number of halogens is 2. The largest absolute Gasteiger partial charge is 0.340 e. The number of H-pyrrole nitrogens is 1. The first kappa shape index (κ1) is 16.9. The fourth-order valence-corrected chi connectivity index (χ4v) is 2.51. The molecule has 126 valence electrons. The molecule has 0 amide bonds. The maximum atomic E-state index is 6.04. The van der Waals surface area contributed by atoms with Crippen molar-refractivity contribution in [2.45, 2.75) is 0 Å². The van der Waals surface area contributed by atoms with Crippen LogP contribution in [-0.4, -0.2) is 25.1 Å². The van der Waals surface area contributed by atoms with Gasteiger partial charge in [0, 0.05) is 28.8 Å². The van der Waals surface area contributed by atoms with Crippen LogP contribution in [0.25, 0.3) is 11.0 Å². The van der Waals surface area contributed by atoms with Crippen LogP contribution in [0.2, 0.25) is 5.02 Å². The maximum Gasteiger partial charge on any atom is 0.188 e. The first-order valence-corrected chi connectivity index (χ1v) is 7.56. The predicted octanol–water partition coefficient (Wildman–Crippen LogP) is 4.31. The minimum atomic E-state index is 0. The van der Waals surface area contributed by atoms with Crippen LogP contribution in [0.1, 0.15) is 0 Å². The number of aromatic amines is 1. The number of pyridine rings is 1. The van der Waals surface area contributed by atoms with Crippen LogP contribution >= 0.6 is 24.0 Å². The summed E-state index contributed by atoms with van der Waals surface area (Å²) in [6, 6.07) is 11.1. The molecule has 9 heteroatoms. The second-order valence-corrected chi connectivity index (χ2v) is 5.45. The summed E-state index contributed by atoms with van der Waals surface area (Å²) in [5.74, 6) is 1.33. The van der Waals surface area contributed by atoms with Crippen molar-refractivity contribution in [3.63, 3.8) is 0 Å². The van der Waals surface area contributed by atoms with E-state index in [2.05, 4.69) is 35.8 Å². The number of anilines is 4. The van der Waals surface area contributed by atoms with E-state index in [4.69, 9.17) is 11.6 Å². The van der Waals surface area contributed by atoms with Crippen molar-refractivity contribution in [2.75, 3.05) is 10.6 Å². The van der Waals surface area contributed by atoms with Gasteiger partial charge in [-0.15, -0.1) is 12.4 Å². The SMILES string of the molecule is Cl.Clc1cccc(Nc2ncnc3n[nH]c(Nc4ccncc4)c23)c1. The van der Waals surface area contributed by atoms with Gasteiger partial charge in [0.1, 0.15) is 23.3 Å². The van der Waals surface area contributed by atoms with E-state index in [-0.39, 0.29) is 12.4 Å². The smallest absolute Gasteiger partial charge is 0.188 e. The van der Waals surface area contributed by atoms with Gasteiger partial charge in [0.2, 0.25) is 0 Å². The summed E-state index contributed by atoms with van der Waals surface area (Å²) in [5, 5.41) is 15.1. The lowest BCUT2D eigenvalue weighted by atomic mass is 10.3. The Balaban J connectivity index is 0.00000182. The number of aromatic nitrogens is 5. The molecule has 25 heavy (non-hydrogen) atoms. The van der Waals surface area contributed by atoms with Gasteiger partial charge in [-0.25, -0.2) is 9.97 Å². The zero-order chi connectivity index (χ0) is 16.4. The van der Waals surface area contributed by atoms with E-state index in [0.29, 0.717) is 22.3 Å². The molecule has 3 heterocycles. The number of rotatable bonds is 4. The van der Waals surface area contributed by atoms with E-state index in [9.17, 15) is 0 Å². The predicted molar refractivity (Wildman–Crippen MR) is 101 cm³/mol. The van der Waals surface area contributed by atoms with Crippen molar-refractivity contribution in [3.05, 3.63) is 60.1 Å². The topological polar surface area (TPSA) is 91.4 Å². The summed E-state index contributed by atoms with van der Waals surface area (Å²) >= 11 is 6.04. The summed E-state index contributed by atoms with van der Waals surface area (Å²) in [7, 11) is 0. The Morgan fingerprint density at radius 2 is 1.80 bits per heavy atom. The second-order valence-electron chi connectivity index (χ2n) is 5.02. The third-order valence-corrected chi connectivity index (χ3v) is 3.62. The highest BCUT2D eigenvalue weighted by molar-refractivity contribution is 6.30. The van der Waals surface area contributed by atoms with Gasteiger partial charge >= 0.3 is 0 Å². The summed E-state index contributed by atoms with van der Waals surface area (Å²) in [4.78, 5) is 12.5. The average molecular weight is 374 g/mol. The van der Waals surface area contributed by atoms with Gasteiger partial charge in [-0.2, -0.15) is 5.10 Å². The van der Waals surface area contributed by atoms with Gasteiger partial charge < -0.3 is 10.6 Å². The highest BCUT2D eigenvalue weighted by Crippen LogP contribution is 2.30. The van der Waals surface area contributed by atoms with Gasteiger partial charge in [-0.3, -0.25) is 10.1 Å². The molecular weight excluding hydrogens is 361 g/mol. The normalized spacial score (nSPS) is 10.3. The van der Waals surface area contributed by atoms with Gasteiger partial charge in [0.25, 0.3) is 0 Å². The van der Waals surface area contributed by atoms with Crippen molar-refractivity contribution < 1.29 is 0 Å². The summed E-state index contributed by atoms with van der Waals surface area (Å²) in [6.45, 7) is 0. The lowest BCUT2D eigenvalue weighted by molar-refractivity contribution is 1.09. The van der Waals surface area contributed by atoms with E-state index in [1.165, 1.54) is 6.33 Å². The molecule has 0 spiro atoms. The molecule has 0 radical (unpaired) electrons. The van der Waals surface area contributed by atoms with Crippen molar-refractivity contribution in [3.8, 4) is 0 Å². The second kappa shape index (κ2) is 7.33. The third kappa shape index (κ3) is 3.62. The zero-order valence-electron chi connectivity index (χ0n) is 12.8. The number of hydrogen-bond acceptors (Lipinski definition) is 6. The molecule has 0 atom stereocenters. The first-order chi connectivity index (χ1) is 11.8. The fraction of sp³-hybridized carbons (Fsp3) is 0. The number of benzene rings is 1. The molecule has 4 aromatic rings. The lowest BCUT2D eigenvalue weighted by Crippen LogP contribution is -1.97. The third-order valence-electron chi connectivity index (χ3n) is 3.39. The Bertz CT molecular complexity index is 988. The summed E-state index contributed by atoms with van der Waals surface area (Å²) < 4.78 is 0. The van der Waals surface area contributed by atoms with Gasteiger partial charge in [0.05, 0.1) is 0 Å². The summed E-state index contributed by atoms with van der Waals surface area (Å²) in [5.41, 5.74) is 2.28. The van der Waals surface area contributed by atoms with E-state index < -0.39 is 0 Å².